The lowest BCUT2D eigenvalue weighted by molar-refractivity contribution is -0.118. The summed E-state index contributed by atoms with van der Waals surface area (Å²) < 4.78 is 5.41. The average molecular weight is 333 g/mol. The zero-order valence-corrected chi connectivity index (χ0v) is 13.6. The molecule has 0 bridgehead atoms. The van der Waals surface area contributed by atoms with Gasteiger partial charge in [0.2, 0.25) is 5.91 Å². The Balaban J connectivity index is 1.87. The van der Waals surface area contributed by atoms with Gasteiger partial charge in [0.15, 0.2) is 6.61 Å². The molecule has 0 fully saturated rings. The molecule has 120 valence electrons. The highest BCUT2D eigenvalue weighted by Crippen LogP contribution is 2.20. The number of carbonyl (C=O) groups is 2. The summed E-state index contributed by atoms with van der Waals surface area (Å²) in [5.74, 6) is 0.139. The molecule has 0 aliphatic heterocycles. The van der Waals surface area contributed by atoms with Crippen LogP contribution in [0.4, 0.5) is 11.4 Å². The van der Waals surface area contributed by atoms with E-state index >= 15 is 0 Å². The Morgan fingerprint density at radius 3 is 2.39 bits per heavy atom. The number of amides is 2. The second-order valence-electron chi connectivity index (χ2n) is 5.00. The highest BCUT2D eigenvalue weighted by atomic mass is 35.5. The summed E-state index contributed by atoms with van der Waals surface area (Å²) in [5, 5.41) is 6.04. The van der Waals surface area contributed by atoms with Crippen molar-refractivity contribution in [2.75, 3.05) is 17.2 Å². The fourth-order valence-corrected chi connectivity index (χ4v) is 2.17. The molecule has 0 atom stereocenters. The van der Waals surface area contributed by atoms with Gasteiger partial charge in [0, 0.05) is 23.3 Å². The van der Waals surface area contributed by atoms with Gasteiger partial charge < -0.3 is 15.4 Å². The maximum Gasteiger partial charge on any atom is 0.262 e. The van der Waals surface area contributed by atoms with Crippen LogP contribution in [0.1, 0.15) is 12.5 Å². The van der Waals surface area contributed by atoms with Gasteiger partial charge in [0.1, 0.15) is 5.75 Å². The number of hydrogen-bond acceptors (Lipinski definition) is 3. The largest absolute Gasteiger partial charge is 0.484 e. The molecular weight excluding hydrogens is 316 g/mol. The van der Waals surface area contributed by atoms with E-state index in [9.17, 15) is 9.59 Å². The lowest BCUT2D eigenvalue weighted by Crippen LogP contribution is -2.20. The van der Waals surface area contributed by atoms with Crippen molar-refractivity contribution in [3.63, 3.8) is 0 Å². The number of ether oxygens (including phenoxy) is 1. The highest BCUT2D eigenvalue weighted by molar-refractivity contribution is 6.30. The molecule has 2 aromatic rings. The third kappa shape index (κ3) is 5.30. The molecule has 2 amide bonds. The van der Waals surface area contributed by atoms with Crippen molar-refractivity contribution in [1.82, 2.24) is 0 Å². The van der Waals surface area contributed by atoms with E-state index in [0.29, 0.717) is 22.1 Å². The number of halogens is 1. The summed E-state index contributed by atoms with van der Waals surface area (Å²) in [4.78, 5) is 22.8. The van der Waals surface area contributed by atoms with Crippen molar-refractivity contribution in [3.8, 4) is 5.75 Å². The topological polar surface area (TPSA) is 67.4 Å². The van der Waals surface area contributed by atoms with Crippen molar-refractivity contribution < 1.29 is 14.3 Å². The molecule has 0 aliphatic carbocycles. The molecule has 0 aromatic heterocycles. The van der Waals surface area contributed by atoms with Crippen molar-refractivity contribution >= 4 is 34.8 Å². The van der Waals surface area contributed by atoms with E-state index in [0.717, 1.165) is 5.56 Å². The molecule has 0 saturated heterocycles. The first-order valence-corrected chi connectivity index (χ1v) is 7.38. The first-order chi connectivity index (χ1) is 10.9. The van der Waals surface area contributed by atoms with Crippen LogP contribution in [0.3, 0.4) is 0 Å². The van der Waals surface area contributed by atoms with Crippen LogP contribution < -0.4 is 15.4 Å². The molecule has 2 rings (SSSR count). The van der Waals surface area contributed by atoms with Gasteiger partial charge in [0.05, 0.1) is 0 Å². The predicted octanol–water partition coefficient (Wildman–Crippen LogP) is 3.62. The van der Waals surface area contributed by atoms with Crippen LogP contribution in [0, 0.1) is 6.92 Å². The Hall–Kier alpha value is -2.53. The van der Waals surface area contributed by atoms with Crippen LogP contribution in [0.2, 0.25) is 5.02 Å². The standard InChI is InChI=1S/C17H17ClN2O3/c1-11-9-13(18)3-8-16(11)20-17(22)10-23-15-6-4-14(5-7-15)19-12(2)21/h3-9H,10H2,1-2H3,(H,19,21)(H,20,22). The van der Waals surface area contributed by atoms with Gasteiger partial charge >= 0.3 is 0 Å². The van der Waals surface area contributed by atoms with E-state index in [-0.39, 0.29) is 18.4 Å². The van der Waals surface area contributed by atoms with Gasteiger partial charge in [-0.05, 0) is 55.0 Å². The van der Waals surface area contributed by atoms with E-state index in [2.05, 4.69) is 10.6 Å². The van der Waals surface area contributed by atoms with Gasteiger partial charge in [-0.1, -0.05) is 11.6 Å². The monoisotopic (exact) mass is 332 g/mol. The average Bonchev–Trinajstić information content (AvgIpc) is 2.49. The number of benzene rings is 2. The molecule has 0 unspecified atom stereocenters. The van der Waals surface area contributed by atoms with Crippen LogP contribution in [0.5, 0.6) is 5.75 Å². The van der Waals surface area contributed by atoms with Gasteiger partial charge in [-0.15, -0.1) is 0 Å². The Morgan fingerprint density at radius 1 is 1.09 bits per heavy atom. The Labute approximate surface area is 139 Å². The number of hydrogen-bond donors (Lipinski definition) is 2. The molecule has 0 heterocycles. The van der Waals surface area contributed by atoms with Crippen molar-refractivity contribution in [1.29, 1.82) is 0 Å². The summed E-state index contributed by atoms with van der Waals surface area (Å²) >= 11 is 5.88. The van der Waals surface area contributed by atoms with Crippen molar-refractivity contribution in [2.24, 2.45) is 0 Å². The van der Waals surface area contributed by atoms with Crippen LogP contribution in [-0.2, 0) is 9.59 Å². The third-order valence-electron chi connectivity index (χ3n) is 3.01. The second-order valence-corrected chi connectivity index (χ2v) is 5.44. The first kappa shape index (κ1) is 16.8. The van der Waals surface area contributed by atoms with E-state index in [4.69, 9.17) is 16.3 Å². The molecule has 0 radical (unpaired) electrons. The summed E-state index contributed by atoms with van der Waals surface area (Å²) in [5.41, 5.74) is 2.25. The molecule has 2 N–H and O–H groups in total. The Morgan fingerprint density at radius 2 is 1.78 bits per heavy atom. The zero-order chi connectivity index (χ0) is 16.8. The summed E-state index contributed by atoms with van der Waals surface area (Å²) in [6.45, 7) is 3.19. The van der Waals surface area contributed by atoms with Crippen molar-refractivity contribution in [3.05, 3.63) is 53.1 Å². The van der Waals surface area contributed by atoms with E-state index in [1.54, 1.807) is 42.5 Å². The Kier molecular flexibility index (Phi) is 5.60. The number of carbonyl (C=O) groups excluding carboxylic acids is 2. The molecule has 0 spiro atoms. The fraction of sp³-hybridized carbons (Fsp3) is 0.176. The maximum atomic E-state index is 11.9. The fourth-order valence-electron chi connectivity index (χ4n) is 1.94. The minimum atomic E-state index is -0.263. The lowest BCUT2D eigenvalue weighted by atomic mass is 10.2. The minimum absolute atomic E-state index is 0.110. The summed E-state index contributed by atoms with van der Waals surface area (Å²) in [6, 6.07) is 12.0. The Bertz CT molecular complexity index is 714. The molecule has 23 heavy (non-hydrogen) atoms. The van der Waals surface area contributed by atoms with Crippen molar-refractivity contribution in [2.45, 2.75) is 13.8 Å². The molecule has 2 aromatic carbocycles. The smallest absolute Gasteiger partial charge is 0.262 e. The number of aryl methyl sites for hydroxylation is 1. The van der Waals surface area contributed by atoms with Gasteiger partial charge in [-0.2, -0.15) is 0 Å². The predicted molar refractivity (Wildman–Crippen MR) is 91.1 cm³/mol. The molecule has 0 aliphatic rings. The molecule has 0 saturated carbocycles. The normalized spacial score (nSPS) is 10.0. The van der Waals surface area contributed by atoms with Gasteiger partial charge in [-0.3, -0.25) is 9.59 Å². The van der Waals surface area contributed by atoms with Crippen LogP contribution in [0.25, 0.3) is 0 Å². The number of nitrogens with one attached hydrogen (secondary N) is 2. The highest BCUT2D eigenvalue weighted by Gasteiger charge is 2.06. The van der Waals surface area contributed by atoms with E-state index in [1.165, 1.54) is 6.92 Å². The van der Waals surface area contributed by atoms with E-state index in [1.807, 2.05) is 6.92 Å². The van der Waals surface area contributed by atoms with Crippen LogP contribution >= 0.6 is 11.6 Å². The third-order valence-corrected chi connectivity index (χ3v) is 3.24. The van der Waals surface area contributed by atoms with E-state index < -0.39 is 0 Å². The number of rotatable bonds is 5. The van der Waals surface area contributed by atoms with Crippen LogP contribution in [-0.4, -0.2) is 18.4 Å². The molecule has 6 heteroatoms. The molecular formula is C17H17ClN2O3. The minimum Gasteiger partial charge on any atom is -0.484 e. The summed E-state index contributed by atoms with van der Waals surface area (Å²) in [6.07, 6.45) is 0. The molecule has 5 nitrogen and oxygen atoms in total. The quantitative estimate of drug-likeness (QED) is 0.878. The second kappa shape index (κ2) is 7.65. The number of anilines is 2. The van der Waals surface area contributed by atoms with Crippen LogP contribution in [0.15, 0.2) is 42.5 Å². The maximum absolute atomic E-state index is 11.9. The lowest BCUT2D eigenvalue weighted by Gasteiger charge is -2.10. The van der Waals surface area contributed by atoms with Gasteiger partial charge in [-0.25, -0.2) is 0 Å². The van der Waals surface area contributed by atoms with Gasteiger partial charge in [0.25, 0.3) is 5.91 Å². The first-order valence-electron chi connectivity index (χ1n) is 7.00. The zero-order valence-electron chi connectivity index (χ0n) is 12.9. The SMILES string of the molecule is CC(=O)Nc1ccc(OCC(=O)Nc2ccc(Cl)cc2C)cc1. The summed E-state index contributed by atoms with van der Waals surface area (Å²) in [7, 11) is 0.